The number of methoxy groups -OCH3 is 1. The van der Waals surface area contributed by atoms with Gasteiger partial charge in [0.25, 0.3) is 5.56 Å². The van der Waals surface area contributed by atoms with Crippen LogP contribution >= 0.6 is 11.6 Å². The number of benzene rings is 4. The van der Waals surface area contributed by atoms with Crippen LogP contribution in [0.15, 0.2) is 120 Å². The molecule has 1 unspecified atom stereocenters. The molecule has 2 aromatic heterocycles. The zero-order chi connectivity index (χ0) is 33.1. The fourth-order valence-electron chi connectivity index (χ4n) is 6.07. The molecule has 6 aromatic rings. The van der Waals surface area contributed by atoms with E-state index in [2.05, 4.69) is 10.3 Å². The third kappa shape index (κ3) is 6.36. The van der Waals surface area contributed by atoms with Crippen LogP contribution < -0.4 is 10.9 Å². The molecule has 0 bridgehead atoms. The van der Waals surface area contributed by atoms with E-state index in [1.54, 1.807) is 40.8 Å². The summed E-state index contributed by atoms with van der Waals surface area (Å²) in [6.07, 6.45) is 3.81. The molecule has 0 fully saturated rings. The van der Waals surface area contributed by atoms with Crippen LogP contribution in [0, 0.1) is 0 Å². The number of fused-ring (bicyclic) bond motifs is 1. The minimum atomic E-state index is -1.57. The summed E-state index contributed by atoms with van der Waals surface area (Å²) in [7, 11) is 4.97. The summed E-state index contributed by atoms with van der Waals surface area (Å²) in [5, 5.41) is 17.3. The van der Waals surface area contributed by atoms with E-state index >= 15 is 0 Å². The number of ether oxygens (including phenoxy) is 1. The molecule has 4 aromatic carbocycles. The number of esters is 1. The van der Waals surface area contributed by atoms with E-state index in [1.165, 1.54) is 7.11 Å². The molecular weight excluding hydrogens is 612 g/mol. The van der Waals surface area contributed by atoms with Crippen LogP contribution in [0.25, 0.3) is 22.0 Å². The van der Waals surface area contributed by atoms with Crippen molar-refractivity contribution >= 4 is 28.5 Å². The molecule has 0 amide bonds. The minimum Gasteiger partial charge on any atom is -0.468 e. The normalized spacial score (nSPS) is 13.3. The first-order valence-corrected chi connectivity index (χ1v) is 15.6. The number of hydrogen-bond donors (Lipinski definition) is 2. The standard InChI is InChI=1S/C38H35ClN4O4/c1-42-24-40-23-35(42)38(46,29-14-12-26(13-15-29)22-41-33(37(45)47-3)18-25-8-5-4-6-9-25)30-16-17-34-28(19-30)21-32(36(44)43(34)2)27-10-7-11-31(39)20-27/h4-17,19-21,23-24,33,41,46H,18,22H2,1-3H3/t33-,38?/m0/s1. The third-order valence-electron chi connectivity index (χ3n) is 8.66. The number of halogens is 1. The van der Waals surface area contributed by atoms with Crippen molar-refractivity contribution in [3.63, 3.8) is 0 Å². The molecule has 0 aliphatic heterocycles. The van der Waals surface area contributed by atoms with Crippen LogP contribution in [0.2, 0.25) is 5.02 Å². The van der Waals surface area contributed by atoms with Gasteiger partial charge in [0, 0.05) is 31.2 Å². The highest BCUT2D eigenvalue weighted by atomic mass is 35.5. The second-order valence-electron chi connectivity index (χ2n) is 11.6. The summed E-state index contributed by atoms with van der Waals surface area (Å²) in [5.41, 5.74) is 4.04. The fraction of sp³-hybridized carbons (Fsp3) is 0.184. The van der Waals surface area contributed by atoms with E-state index in [0.717, 1.165) is 27.6 Å². The van der Waals surface area contributed by atoms with Crippen LogP contribution in [-0.2, 0) is 42.2 Å². The van der Waals surface area contributed by atoms with Crippen molar-refractivity contribution in [2.75, 3.05) is 7.11 Å². The highest BCUT2D eigenvalue weighted by Crippen LogP contribution is 2.38. The van der Waals surface area contributed by atoms with Crippen LogP contribution in [0.4, 0.5) is 0 Å². The Morgan fingerprint density at radius 3 is 2.36 bits per heavy atom. The van der Waals surface area contributed by atoms with Crippen molar-refractivity contribution in [2.45, 2.75) is 24.6 Å². The van der Waals surface area contributed by atoms with Gasteiger partial charge in [-0.25, -0.2) is 4.98 Å². The van der Waals surface area contributed by atoms with Crippen molar-refractivity contribution in [1.82, 2.24) is 19.4 Å². The molecule has 2 heterocycles. The number of aryl methyl sites for hydroxylation is 2. The average molecular weight is 647 g/mol. The van der Waals surface area contributed by atoms with Crippen LogP contribution in [0.1, 0.15) is 27.9 Å². The number of nitrogens with zero attached hydrogens (tertiary/aromatic N) is 3. The Bertz CT molecular complexity index is 2110. The lowest BCUT2D eigenvalue weighted by atomic mass is 9.82. The van der Waals surface area contributed by atoms with Crippen LogP contribution in [-0.4, -0.2) is 38.3 Å². The number of carbonyl (C=O) groups excluding carboxylic acids is 1. The Balaban J connectivity index is 1.36. The van der Waals surface area contributed by atoms with Gasteiger partial charge in [-0.05, 0) is 70.0 Å². The summed E-state index contributed by atoms with van der Waals surface area (Å²) in [6, 6.07) is 31.6. The Morgan fingerprint density at radius 2 is 1.68 bits per heavy atom. The summed E-state index contributed by atoms with van der Waals surface area (Å²) in [6.45, 7) is 0.424. The first-order valence-electron chi connectivity index (χ1n) is 15.2. The molecule has 0 radical (unpaired) electrons. The van der Waals surface area contributed by atoms with Gasteiger partial charge in [0.2, 0.25) is 0 Å². The van der Waals surface area contributed by atoms with Gasteiger partial charge < -0.3 is 24.3 Å². The van der Waals surface area contributed by atoms with Gasteiger partial charge in [-0.15, -0.1) is 0 Å². The third-order valence-corrected chi connectivity index (χ3v) is 8.89. The Labute approximate surface area is 277 Å². The maximum atomic E-state index is 13.3. The molecular formula is C38H35ClN4O4. The van der Waals surface area contributed by atoms with Gasteiger partial charge in [-0.3, -0.25) is 9.59 Å². The monoisotopic (exact) mass is 646 g/mol. The van der Waals surface area contributed by atoms with Crippen molar-refractivity contribution in [3.8, 4) is 11.1 Å². The van der Waals surface area contributed by atoms with Gasteiger partial charge in [-0.1, -0.05) is 84.4 Å². The predicted octanol–water partition coefficient (Wildman–Crippen LogP) is 5.75. The summed E-state index contributed by atoms with van der Waals surface area (Å²) >= 11 is 6.25. The van der Waals surface area contributed by atoms with E-state index in [9.17, 15) is 14.7 Å². The molecule has 2 atom stereocenters. The topological polar surface area (TPSA) is 98.4 Å². The van der Waals surface area contributed by atoms with E-state index in [-0.39, 0.29) is 11.5 Å². The van der Waals surface area contributed by atoms with Crippen molar-refractivity contribution < 1.29 is 14.6 Å². The smallest absolute Gasteiger partial charge is 0.323 e. The van der Waals surface area contributed by atoms with Gasteiger partial charge in [0.15, 0.2) is 5.60 Å². The average Bonchev–Trinajstić information content (AvgIpc) is 3.54. The number of aliphatic hydroxyl groups is 1. The van der Waals surface area contributed by atoms with Gasteiger partial charge in [0.05, 0.1) is 30.8 Å². The van der Waals surface area contributed by atoms with Gasteiger partial charge >= 0.3 is 5.97 Å². The number of imidazole rings is 1. The van der Waals surface area contributed by atoms with Crippen LogP contribution in [0.3, 0.4) is 0 Å². The maximum Gasteiger partial charge on any atom is 0.323 e. The number of carbonyl (C=O) groups is 1. The molecule has 0 saturated carbocycles. The zero-order valence-electron chi connectivity index (χ0n) is 26.4. The number of nitrogens with one attached hydrogen (secondary N) is 1. The highest BCUT2D eigenvalue weighted by molar-refractivity contribution is 6.30. The molecule has 6 rings (SSSR count). The first kappa shape index (κ1) is 31.9. The number of rotatable bonds is 10. The van der Waals surface area contributed by atoms with E-state index in [4.69, 9.17) is 16.3 Å². The Hall–Kier alpha value is -5.02. The molecule has 2 N–H and O–H groups in total. The summed E-state index contributed by atoms with van der Waals surface area (Å²) in [5.74, 6) is -0.330. The lowest BCUT2D eigenvalue weighted by molar-refractivity contribution is -0.143. The van der Waals surface area contributed by atoms with Crippen LogP contribution in [0.5, 0.6) is 0 Å². The van der Waals surface area contributed by atoms with E-state index in [1.807, 2.05) is 98.0 Å². The molecule has 0 saturated heterocycles. The second-order valence-corrected chi connectivity index (χ2v) is 12.1. The SMILES string of the molecule is COC(=O)[C@H](Cc1ccccc1)NCc1ccc(C(O)(c2ccc3c(c2)cc(-c2cccc(Cl)c2)c(=O)n3C)c2cncn2C)cc1. The minimum absolute atomic E-state index is 0.142. The number of aromatic nitrogens is 3. The molecule has 47 heavy (non-hydrogen) atoms. The number of pyridine rings is 1. The first-order chi connectivity index (χ1) is 22.7. The number of hydrogen-bond acceptors (Lipinski definition) is 6. The Kier molecular flexibility index (Phi) is 9.09. The van der Waals surface area contributed by atoms with Gasteiger partial charge in [0.1, 0.15) is 6.04 Å². The largest absolute Gasteiger partial charge is 0.468 e. The van der Waals surface area contributed by atoms with Gasteiger partial charge in [-0.2, -0.15) is 0 Å². The summed E-state index contributed by atoms with van der Waals surface area (Å²) in [4.78, 5) is 30.2. The lowest BCUT2D eigenvalue weighted by Crippen LogP contribution is -2.39. The quantitative estimate of drug-likeness (QED) is 0.184. The summed E-state index contributed by atoms with van der Waals surface area (Å²) < 4.78 is 8.46. The molecule has 0 aliphatic rings. The molecule has 9 heteroatoms. The predicted molar refractivity (Wildman–Crippen MR) is 184 cm³/mol. The van der Waals surface area contributed by atoms with Crippen molar-refractivity contribution in [2.24, 2.45) is 14.1 Å². The van der Waals surface area contributed by atoms with Crippen molar-refractivity contribution in [3.05, 3.63) is 159 Å². The zero-order valence-corrected chi connectivity index (χ0v) is 27.1. The van der Waals surface area contributed by atoms with Crippen molar-refractivity contribution in [1.29, 1.82) is 0 Å². The fourth-order valence-corrected chi connectivity index (χ4v) is 6.27. The Morgan fingerprint density at radius 1 is 0.936 bits per heavy atom. The molecule has 8 nitrogen and oxygen atoms in total. The maximum absolute atomic E-state index is 13.3. The second kappa shape index (κ2) is 13.4. The van der Waals surface area contributed by atoms with E-state index in [0.29, 0.717) is 40.4 Å². The lowest BCUT2D eigenvalue weighted by Gasteiger charge is -2.30. The molecule has 0 aliphatic carbocycles. The molecule has 0 spiro atoms. The van der Waals surface area contributed by atoms with E-state index < -0.39 is 11.6 Å². The highest BCUT2D eigenvalue weighted by Gasteiger charge is 2.37. The molecule has 238 valence electrons.